The van der Waals surface area contributed by atoms with Crippen LogP contribution in [-0.4, -0.2) is 44.8 Å². The molecule has 4 aromatic carbocycles. The van der Waals surface area contributed by atoms with Gasteiger partial charge in [-0.2, -0.15) is 0 Å². The number of methoxy groups -OCH3 is 1. The molecule has 7 heteroatoms. The molecular formula is C38H33N3O4. The summed E-state index contributed by atoms with van der Waals surface area (Å²) >= 11 is 0. The average molecular weight is 596 g/mol. The lowest BCUT2D eigenvalue weighted by Gasteiger charge is -2.31. The fraction of sp³-hybridized carbons (Fsp3) is 0.158. The standard InChI is InChI=1S/C38H33N3O4/c1-25(37(42)44-3)45-32-22-23-33(38(2,43)24-32)36-40-34(30-18-14-28(15-19-30)26-10-6-4-7-11-26)39-35(41-36)31-20-16-29(17-21-31)27-12-8-5-9-13-27/h4-25,33,43H,1-3H3. The summed E-state index contributed by atoms with van der Waals surface area (Å²) in [6.07, 6.45) is 4.25. The third-order valence-electron chi connectivity index (χ3n) is 7.79. The predicted molar refractivity (Wildman–Crippen MR) is 175 cm³/mol. The van der Waals surface area contributed by atoms with Gasteiger partial charge in [-0.25, -0.2) is 19.7 Å². The molecule has 7 nitrogen and oxygen atoms in total. The molecule has 1 aliphatic rings. The lowest BCUT2D eigenvalue weighted by Crippen LogP contribution is -2.34. The summed E-state index contributed by atoms with van der Waals surface area (Å²) in [4.78, 5) is 26.5. The highest BCUT2D eigenvalue weighted by molar-refractivity contribution is 5.74. The van der Waals surface area contributed by atoms with E-state index >= 15 is 0 Å². The van der Waals surface area contributed by atoms with Gasteiger partial charge in [-0.05, 0) is 48.3 Å². The Morgan fingerprint density at radius 3 is 1.60 bits per heavy atom. The molecule has 0 fully saturated rings. The van der Waals surface area contributed by atoms with E-state index in [0.717, 1.165) is 33.4 Å². The molecule has 0 bridgehead atoms. The summed E-state index contributed by atoms with van der Waals surface area (Å²) in [7, 11) is 1.31. The first-order chi connectivity index (χ1) is 21.8. The van der Waals surface area contributed by atoms with Gasteiger partial charge in [0, 0.05) is 11.1 Å². The first-order valence-electron chi connectivity index (χ1n) is 14.8. The number of hydrogen-bond acceptors (Lipinski definition) is 7. The summed E-state index contributed by atoms with van der Waals surface area (Å²) in [6, 6.07) is 36.5. The van der Waals surface area contributed by atoms with E-state index < -0.39 is 23.6 Å². The van der Waals surface area contributed by atoms with E-state index in [-0.39, 0.29) is 0 Å². The number of nitrogens with zero attached hydrogens (tertiary/aromatic N) is 3. The van der Waals surface area contributed by atoms with E-state index in [1.165, 1.54) is 7.11 Å². The fourth-order valence-electron chi connectivity index (χ4n) is 5.33. The summed E-state index contributed by atoms with van der Waals surface area (Å²) in [5.41, 5.74) is 4.65. The van der Waals surface area contributed by atoms with Crippen molar-refractivity contribution in [1.29, 1.82) is 0 Å². The van der Waals surface area contributed by atoms with Gasteiger partial charge < -0.3 is 14.6 Å². The minimum absolute atomic E-state index is 0.358. The van der Waals surface area contributed by atoms with Crippen LogP contribution in [0.1, 0.15) is 25.6 Å². The number of carbonyl (C=O) groups is 1. The van der Waals surface area contributed by atoms with Crippen molar-refractivity contribution in [2.75, 3.05) is 7.11 Å². The lowest BCUT2D eigenvalue weighted by molar-refractivity contribution is -0.150. The zero-order valence-corrected chi connectivity index (χ0v) is 25.3. The van der Waals surface area contributed by atoms with Crippen LogP contribution in [0.15, 0.2) is 133 Å². The zero-order chi connectivity index (χ0) is 31.4. The molecule has 3 atom stereocenters. The van der Waals surface area contributed by atoms with E-state index in [1.54, 1.807) is 32.1 Å². The predicted octanol–water partition coefficient (Wildman–Crippen LogP) is 7.41. The van der Waals surface area contributed by atoms with E-state index in [2.05, 4.69) is 24.3 Å². The number of benzene rings is 4. The van der Waals surface area contributed by atoms with E-state index in [9.17, 15) is 9.90 Å². The number of esters is 1. The van der Waals surface area contributed by atoms with E-state index in [4.69, 9.17) is 24.4 Å². The third-order valence-corrected chi connectivity index (χ3v) is 7.79. The van der Waals surface area contributed by atoms with Crippen molar-refractivity contribution in [2.45, 2.75) is 31.5 Å². The Balaban J connectivity index is 1.38. The van der Waals surface area contributed by atoms with Crippen LogP contribution in [0.25, 0.3) is 45.0 Å². The molecule has 0 saturated carbocycles. The maximum atomic E-state index is 11.9. The van der Waals surface area contributed by atoms with E-state index in [1.807, 2.05) is 84.9 Å². The minimum Gasteiger partial charge on any atom is -0.479 e. The molecule has 3 unspecified atom stereocenters. The average Bonchev–Trinajstić information content (AvgIpc) is 3.08. The monoisotopic (exact) mass is 595 g/mol. The minimum atomic E-state index is -1.41. The fourth-order valence-corrected chi connectivity index (χ4v) is 5.33. The third kappa shape index (κ3) is 6.59. The molecule has 45 heavy (non-hydrogen) atoms. The number of hydrogen-bond donors (Lipinski definition) is 1. The van der Waals surface area contributed by atoms with Gasteiger partial charge >= 0.3 is 5.97 Å². The maximum Gasteiger partial charge on any atom is 0.346 e. The van der Waals surface area contributed by atoms with Crippen LogP contribution in [0.4, 0.5) is 0 Å². The van der Waals surface area contributed by atoms with E-state index in [0.29, 0.717) is 23.2 Å². The highest BCUT2D eigenvalue weighted by Gasteiger charge is 2.36. The maximum absolute atomic E-state index is 11.9. The second-order valence-corrected chi connectivity index (χ2v) is 11.1. The summed E-state index contributed by atoms with van der Waals surface area (Å²) < 4.78 is 10.5. The Morgan fingerprint density at radius 1 is 0.711 bits per heavy atom. The van der Waals surface area contributed by atoms with Crippen molar-refractivity contribution in [3.05, 3.63) is 139 Å². The first-order valence-corrected chi connectivity index (χ1v) is 14.8. The smallest absolute Gasteiger partial charge is 0.346 e. The molecule has 6 rings (SSSR count). The number of aliphatic hydroxyl groups is 1. The molecule has 0 radical (unpaired) electrons. The first kappa shape index (κ1) is 29.7. The van der Waals surface area contributed by atoms with Crippen LogP contribution in [0.2, 0.25) is 0 Å². The quantitative estimate of drug-likeness (QED) is 0.187. The van der Waals surface area contributed by atoms with Crippen LogP contribution >= 0.6 is 0 Å². The Labute approximate surface area is 262 Å². The van der Waals surface area contributed by atoms with Crippen LogP contribution in [0.3, 0.4) is 0 Å². The van der Waals surface area contributed by atoms with Crippen molar-refractivity contribution in [1.82, 2.24) is 15.0 Å². The normalized spacial score (nSPS) is 18.1. The van der Waals surface area contributed by atoms with Gasteiger partial charge in [0.2, 0.25) is 0 Å². The zero-order valence-electron chi connectivity index (χ0n) is 25.3. The van der Waals surface area contributed by atoms with Crippen molar-refractivity contribution >= 4 is 5.97 Å². The molecule has 0 saturated heterocycles. The van der Waals surface area contributed by atoms with Crippen molar-refractivity contribution in [3.8, 4) is 45.0 Å². The van der Waals surface area contributed by atoms with Crippen molar-refractivity contribution in [2.24, 2.45) is 0 Å². The molecule has 1 aromatic heterocycles. The van der Waals surface area contributed by atoms with Crippen LogP contribution in [0, 0.1) is 0 Å². The van der Waals surface area contributed by atoms with Gasteiger partial charge in [0.25, 0.3) is 0 Å². The van der Waals surface area contributed by atoms with Crippen molar-refractivity contribution < 1.29 is 19.4 Å². The SMILES string of the molecule is COC(=O)C(C)OC1=CC(C)(O)C(c2nc(-c3ccc(-c4ccccc4)cc3)nc(-c3ccc(-c4ccccc4)cc3)n2)C=C1. The number of aromatic nitrogens is 3. The Bertz CT molecular complexity index is 1750. The van der Waals surface area contributed by atoms with Gasteiger partial charge in [-0.15, -0.1) is 0 Å². The molecule has 1 N–H and O–H groups in total. The highest BCUT2D eigenvalue weighted by Crippen LogP contribution is 2.36. The van der Waals surface area contributed by atoms with Crippen LogP contribution in [0.5, 0.6) is 0 Å². The van der Waals surface area contributed by atoms with Gasteiger partial charge in [0.05, 0.1) is 18.6 Å². The second-order valence-electron chi connectivity index (χ2n) is 11.1. The van der Waals surface area contributed by atoms with Gasteiger partial charge in [0.15, 0.2) is 17.8 Å². The number of rotatable bonds is 8. The molecule has 5 aromatic rings. The number of carbonyl (C=O) groups excluding carboxylic acids is 1. The summed E-state index contributed by atoms with van der Waals surface area (Å²) in [5.74, 6) is 0.649. The molecule has 0 spiro atoms. The van der Waals surface area contributed by atoms with Crippen LogP contribution < -0.4 is 0 Å². The van der Waals surface area contributed by atoms with Gasteiger partial charge in [0.1, 0.15) is 11.6 Å². The lowest BCUT2D eigenvalue weighted by atomic mass is 9.84. The highest BCUT2D eigenvalue weighted by atomic mass is 16.6. The molecular weight excluding hydrogens is 562 g/mol. The molecule has 1 aliphatic carbocycles. The Hall–Kier alpha value is -5.40. The Kier molecular flexibility index (Phi) is 8.36. The largest absolute Gasteiger partial charge is 0.479 e. The summed E-state index contributed by atoms with van der Waals surface area (Å²) in [6.45, 7) is 3.26. The molecule has 0 amide bonds. The number of ether oxygens (including phenoxy) is 2. The molecule has 1 heterocycles. The molecule has 224 valence electrons. The second kappa shape index (κ2) is 12.7. The van der Waals surface area contributed by atoms with Crippen molar-refractivity contribution in [3.63, 3.8) is 0 Å². The topological polar surface area (TPSA) is 94.4 Å². The van der Waals surface area contributed by atoms with Gasteiger partial charge in [-0.1, -0.05) is 115 Å². The Morgan fingerprint density at radius 2 is 1.16 bits per heavy atom. The van der Waals surface area contributed by atoms with Crippen LogP contribution in [-0.2, 0) is 14.3 Å². The van der Waals surface area contributed by atoms with Gasteiger partial charge in [-0.3, -0.25) is 0 Å². The molecule has 0 aliphatic heterocycles. The number of allylic oxidation sites excluding steroid dienone is 1. The summed E-state index contributed by atoms with van der Waals surface area (Å²) in [5, 5.41) is 11.6.